The Balaban J connectivity index is 2.29. The molecule has 1 rings (SSSR count). The summed E-state index contributed by atoms with van der Waals surface area (Å²) in [4.78, 5) is 4.88. The number of nitriles is 1. The predicted octanol–water partition coefficient (Wildman–Crippen LogP) is 2.20. The van der Waals surface area contributed by atoms with Crippen molar-refractivity contribution < 1.29 is 0 Å². The third-order valence-electron chi connectivity index (χ3n) is 3.89. The van der Waals surface area contributed by atoms with Crippen LogP contribution >= 0.6 is 0 Å². The monoisotopic (exact) mass is 237 g/mol. The molecule has 2 unspecified atom stereocenters. The Hall–Kier alpha value is -0.590. The smallest absolute Gasteiger partial charge is 0.0683 e. The summed E-state index contributed by atoms with van der Waals surface area (Å²) >= 11 is 0. The van der Waals surface area contributed by atoms with Gasteiger partial charge in [-0.15, -0.1) is 0 Å². The highest BCUT2D eigenvalue weighted by Crippen LogP contribution is 2.23. The lowest BCUT2D eigenvalue weighted by molar-refractivity contribution is 0.248. The highest BCUT2D eigenvalue weighted by Gasteiger charge is 2.30. The van der Waals surface area contributed by atoms with E-state index >= 15 is 0 Å². The fourth-order valence-corrected chi connectivity index (χ4v) is 2.70. The van der Waals surface area contributed by atoms with Crippen LogP contribution in [0.1, 0.15) is 33.6 Å². The summed E-state index contributed by atoms with van der Waals surface area (Å²) in [6.45, 7) is 9.92. The van der Waals surface area contributed by atoms with Gasteiger partial charge in [0.05, 0.1) is 11.5 Å². The van der Waals surface area contributed by atoms with Crippen LogP contribution in [-0.4, -0.2) is 49.6 Å². The molecule has 0 spiro atoms. The maximum absolute atomic E-state index is 8.97. The standard InChI is InChI=1S/C14H27N3/c1-12-9-17(10-13(12)16(4)5)8-6-7-14(2,3)11-15/h12-13H,6-10H2,1-5H3. The normalized spacial score (nSPS) is 26.4. The molecule has 0 amide bonds. The Morgan fingerprint density at radius 1 is 1.35 bits per heavy atom. The van der Waals surface area contributed by atoms with Crippen molar-refractivity contribution in [2.24, 2.45) is 11.3 Å². The molecule has 0 aromatic carbocycles. The van der Waals surface area contributed by atoms with Crippen molar-refractivity contribution in [3.63, 3.8) is 0 Å². The van der Waals surface area contributed by atoms with Gasteiger partial charge in [-0.1, -0.05) is 6.92 Å². The van der Waals surface area contributed by atoms with Gasteiger partial charge in [-0.25, -0.2) is 0 Å². The molecule has 1 heterocycles. The van der Waals surface area contributed by atoms with Gasteiger partial charge >= 0.3 is 0 Å². The lowest BCUT2D eigenvalue weighted by atomic mass is 9.90. The summed E-state index contributed by atoms with van der Waals surface area (Å²) in [5.41, 5.74) is -0.160. The van der Waals surface area contributed by atoms with E-state index in [4.69, 9.17) is 5.26 Å². The van der Waals surface area contributed by atoms with Crippen molar-refractivity contribution >= 4 is 0 Å². The third-order valence-corrected chi connectivity index (χ3v) is 3.89. The van der Waals surface area contributed by atoms with Crippen molar-refractivity contribution in [3.05, 3.63) is 0 Å². The molecule has 3 heteroatoms. The number of likely N-dealkylation sites (tertiary alicyclic amines) is 1. The van der Waals surface area contributed by atoms with E-state index < -0.39 is 0 Å². The van der Waals surface area contributed by atoms with Gasteiger partial charge in [-0.3, -0.25) is 0 Å². The van der Waals surface area contributed by atoms with Gasteiger partial charge in [-0.2, -0.15) is 5.26 Å². The average molecular weight is 237 g/mol. The molecule has 0 aromatic heterocycles. The minimum atomic E-state index is -0.160. The van der Waals surface area contributed by atoms with Crippen LogP contribution in [0.2, 0.25) is 0 Å². The van der Waals surface area contributed by atoms with Crippen LogP contribution in [-0.2, 0) is 0 Å². The predicted molar refractivity (Wildman–Crippen MR) is 71.7 cm³/mol. The first-order valence-electron chi connectivity index (χ1n) is 6.66. The summed E-state index contributed by atoms with van der Waals surface area (Å²) in [6, 6.07) is 3.07. The third kappa shape index (κ3) is 4.29. The first-order chi connectivity index (χ1) is 7.85. The van der Waals surface area contributed by atoms with E-state index in [-0.39, 0.29) is 5.41 Å². The van der Waals surface area contributed by atoms with Crippen molar-refractivity contribution in [1.29, 1.82) is 5.26 Å². The highest BCUT2D eigenvalue weighted by molar-refractivity contribution is 4.92. The van der Waals surface area contributed by atoms with Crippen LogP contribution in [0.5, 0.6) is 0 Å². The van der Waals surface area contributed by atoms with E-state index in [1.54, 1.807) is 0 Å². The molecule has 1 fully saturated rings. The first kappa shape index (κ1) is 14.5. The molecule has 2 atom stereocenters. The summed E-state index contributed by atoms with van der Waals surface area (Å²) in [5, 5.41) is 8.97. The number of hydrogen-bond acceptors (Lipinski definition) is 3. The van der Waals surface area contributed by atoms with E-state index in [0.717, 1.165) is 25.3 Å². The van der Waals surface area contributed by atoms with Crippen LogP contribution in [0.3, 0.4) is 0 Å². The Morgan fingerprint density at radius 2 is 2.00 bits per heavy atom. The van der Waals surface area contributed by atoms with E-state index in [9.17, 15) is 0 Å². The van der Waals surface area contributed by atoms with Crippen LogP contribution in [0.4, 0.5) is 0 Å². The minimum Gasteiger partial charge on any atom is -0.305 e. The topological polar surface area (TPSA) is 30.3 Å². The highest BCUT2D eigenvalue weighted by atomic mass is 15.2. The van der Waals surface area contributed by atoms with Gasteiger partial charge in [-0.05, 0) is 53.2 Å². The van der Waals surface area contributed by atoms with E-state index in [1.807, 2.05) is 13.8 Å². The van der Waals surface area contributed by atoms with Gasteiger partial charge in [0.25, 0.3) is 0 Å². The minimum absolute atomic E-state index is 0.160. The van der Waals surface area contributed by atoms with Crippen LogP contribution in [0.15, 0.2) is 0 Å². The molecule has 0 aromatic rings. The SMILES string of the molecule is CC1CN(CCCC(C)(C)C#N)CC1N(C)C. The number of rotatable bonds is 5. The molecule has 98 valence electrons. The molecular formula is C14H27N3. The Bertz CT molecular complexity index is 278. The lowest BCUT2D eigenvalue weighted by Crippen LogP contribution is -2.34. The van der Waals surface area contributed by atoms with Crippen molar-refractivity contribution in [2.45, 2.75) is 39.7 Å². The molecule has 0 saturated carbocycles. The van der Waals surface area contributed by atoms with E-state index in [1.165, 1.54) is 13.1 Å². The Labute approximate surface area is 106 Å². The zero-order valence-electron chi connectivity index (χ0n) is 12.0. The van der Waals surface area contributed by atoms with Crippen molar-refractivity contribution in [2.75, 3.05) is 33.7 Å². The molecule has 0 N–H and O–H groups in total. The Kier molecular flexibility index (Phi) is 4.97. The zero-order valence-corrected chi connectivity index (χ0v) is 12.0. The molecular weight excluding hydrogens is 210 g/mol. The number of likely N-dealkylation sites (N-methyl/N-ethyl adjacent to an activating group) is 1. The van der Waals surface area contributed by atoms with Gasteiger partial charge in [0.2, 0.25) is 0 Å². The fourth-order valence-electron chi connectivity index (χ4n) is 2.70. The van der Waals surface area contributed by atoms with Crippen molar-refractivity contribution in [3.8, 4) is 6.07 Å². The second-order valence-electron chi connectivity index (χ2n) is 6.37. The number of nitrogens with zero attached hydrogens (tertiary/aromatic N) is 3. The second kappa shape index (κ2) is 5.84. The molecule has 1 saturated heterocycles. The maximum atomic E-state index is 8.97. The second-order valence-corrected chi connectivity index (χ2v) is 6.37. The van der Waals surface area contributed by atoms with Gasteiger partial charge < -0.3 is 9.80 Å². The molecule has 0 bridgehead atoms. The largest absolute Gasteiger partial charge is 0.305 e. The van der Waals surface area contributed by atoms with E-state index in [2.05, 4.69) is 36.9 Å². The van der Waals surface area contributed by atoms with Gasteiger partial charge in [0, 0.05) is 19.1 Å². The summed E-state index contributed by atoms with van der Waals surface area (Å²) in [6.07, 6.45) is 2.13. The average Bonchev–Trinajstić information content (AvgIpc) is 2.59. The molecule has 1 aliphatic rings. The molecule has 0 aliphatic carbocycles. The van der Waals surface area contributed by atoms with Crippen LogP contribution < -0.4 is 0 Å². The molecule has 3 nitrogen and oxygen atoms in total. The molecule has 1 aliphatic heterocycles. The summed E-state index contributed by atoms with van der Waals surface area (Å²) in [5.74, 6) is 0.758. The zero-order chi connectivity index (χ0) is 13.1. The molecule has 0 radical (unpaired) electrons. The lowest BCUT2D eigenvalue weighted by Gasteiger charge is -2.23. The summed E-state index contributed by atoms with van der Waals surface area (Å²) in [7, 11) is 4.34. The van der Waals surface area contributed by atoms with Crippen molar-refractivity contribution in [1.82, 2.24) is 9.80 Å². The quantitative estimate of drug-likeness (QED) is 0.734. The fraction of sp³-hybridized carbons (Fsp3) is 0.929. The van der Waals surface area contributed by atoms with Gasteiger partial charge in [0.15, 0.2) is 0 Å². The summed E-state index contributed by atoms with van der Waals surface area (Å²) < 4.78 is 0. The first-order valence-corrected chi connectivity index (χ1v) is 6.66. The van der Waals surface area contributed by atoms with Gasteiger partial charge in [0.1, 0.15) is 0 Å². The maximum Gasteiger partial charge on any atom is 0.0683 e. The Morgan fingerprint density at radius 3 is 2.47 bits per heavy atom. The van der Waals surface area contributed by atoms with E-state index in [0.29, 0.717) is 6.04 Å². The number of hydrogen-bond donors (Lipinski definition) is 0. The van der Waals surface area contributed by atoms with Crippen LogP contribution in [0.25, 0.3) is 0 Å². The van der Waals surface area contributed by atoms with Crippen LogP contribution in [0, 0.1) is 22.7 Å². The molecule has 17 heavy (non-hydrogen) atoms.